The van der Waals surface area contributed by atoms with Gasteiger partial charge in [-0.25, -0.2) is 4.98 Å². The number of hydrogen-bond acceptors (Lipinski definition) is 4. The maximum absolute atomic E-state index is 11.9. The van der Waals surface area contributed by atoms with Crippen LogP contribution in [0.25, 0.3) is 0 Å². The fraction of sp³-hybridized carbons (Fsp3) is 0.400. The minimum absolute atomic E-state index is 0.0361. The highest BCUT2D eigenvalue weighted by Crippen LogP contribution is 2.27. The summed E-state index contributed by atoms with van der Waals surface area (Å²) in [6.07, 6.45) is 3.69. The predicted octanol–water partition coefficient (Wildman–Crippen LogP) is 4.39. The first kappa shape index (κ1) is 19.8. The third-order valence-corrected chi connectivity index (χ3v) is 5.10. The number of piperidine rings is 1. The fourth-order valence-electron chi connectivity index (χ4n) is 3.11. The molecule has 0 saturated carbocycles. The highest BCUT2D eigenvalue weighted by atomic mass is 35.5. The largest absolute Gasteiger partial charge is 0.493 e. The summed E-state index contributed by atoms with van der Waals surface area (Å²) in [7, 11) is 3.47. The van der Waals surface area contributed by atoms with Gasteiger partial charge >= 0.3 is 0 Å². The molecule has 27 heavy (non-hydrogen) atoms. The SMILES string of the molecule is CN(C)C(=O)c1ccc(N2CCC(COc3cc(Cl)cc(Cl)c3)CC2)nc1. The molecule has 1 amide bonds. The summed E-state index contributed by atoms with van der Waals surface area (Å²) in [4.78, 5) is 20.2. The Morgan fingerprint density at radius 2 is 1.85 bits per heavy atom. The number of halogens is 2. The normalized spacial score (nSPS) is 14.9. The second-order valence-electron chi connectivity index (χ2n) is 6.95. The average Bonchev–Trinajstić information content (AvgIpc) is 2.65. The number of carbonyl (C=O) groups is 1. The van der Waals surface area contributed by atoms with Gasteiger partial charge in [-0.3, -0.25) is 4.79 Å². The third kappa shape index (κ3) is 5.27. The van der Waals surface area contributed by atoms with Gasteiger partial charge in [0.2, 0.25) is 0 Å². The fourth-order valence-corrected chi connectivity index (χ4v) is 3.62. The van der Waals surface area contributed by atoms with Crippen LogP contribution in [-0.2, 0) is 0 Å². The molecule has 0 spiro atoms. The minimum Gasteiger partial charge on any atom is -0.493 e. The van der Waals surface area contributed by atoms with E-state index in [0.717, 1.165) is 31.7 Å². The monoisotopic (exact) mass is 407 g/mol. The lowest BCUT2D eigenvalue weighted by atomic mass is 9.98. The Hall–Kier alpha value is -1.98. The first-order valence-corrected chi connectivity index (χ1v) is 9.69. The molecule has 7 heteroatoms. The molecule has 0 radical (unpaired) electrons. The number of aromatic nitrogens is 1. The van der Waals surface area contributed by atoms with Crippen molar-refractivity contribution in [2.75, 3.05) is 38.7 Å². The summed E-state index contributed by atoms with van der Waals surface area (Å²) in [5.74, 6) is 2.06. The average molecular weight is 408 g/mol. The molecule has 0 N–H and O–H groups in total. The number of hydrogen-bond donors (Lipinski definition) is 0. The van der Waals surface area contributed by atoms with E-state index in [1.165, 1.54) is 0 Å². The summed E-state index contributed by atoms with van der Waals surface area (Å²) in [5.41, 5.74) is 0.604. The van der Waals surface area contributed by atoms with Crippen molar-refractivity contribution in [2.45, 2.75) is 12.8 Å². The standard InChI is InChI=1S/C20H23Cl2N3O2/c1-24(2)20(26)15-3-4-19(23-12-15)25-7-5-14(6-8-25)13-27-18-10-16(21)9-17(22)11-18/h3-4,9-12,14H,5-8,13H2,1-2H3. The summed E-state index contributed by atoms with van der Waals surface area (Å²) in [6, 6.07) is 9.01. The molecule has 0 unspecified atom stereocenters. The van der Waals surface area contributed by atoms with Crippen molar-refractivity contribution in [3.8, 4) is 5.75 Å². The van der Waals surface area contributed by atoms with Gasteiger partial charge in [0.1, 0.15) is 11.6 Å². The van der Waals surface area contributed by atoms with Crippen LogP contribution in [0.15, 0.2) is 36.5 Å². The van der Waals surface area contributed by atoms with E-state index < -0.39 is 0 Å². The van der Waals surface area contributed by atoms with Crippen LogP contribution in [0.3, 0.4) is 0 Å². The molecule has 1 saturated heterocycles. The predicted molar refractivity (Wildman–Crippen MR) is 109 cm³/mol. The Morgan fingerprint density at radius 3 is 2.41 bits per heavy atom. The quantitative estimate of drug-likeness (QED) is 0.737. The smallest absolute Gasteiger partial charge is 0.254 e. The molecule has 0 atom stereocenters. The van der Waals surface area contributed by atoms with Gasteiger partial charge in [-0.1, -0.05) is 23.2 Å². The van der Waals surface area contributed by atoms with E-state index in [-0.39, 0.29) is 5.91 Å². The second-order valence-corrected chi connectivity index (χ2v) is 7.82. The Balaban J connectivity index is 1.50. The Morgan fingerprint density at radius 1 is 1.19 bits per heavy atom. The molecule has 1 aliphatic heterocycles. The molecule has 3 rings (SSSR count). The first-order chi connectivity index (χ1) is 12.9. The zero-order chi connectivity index (χ0) is 19.4. The number of benzene rings is 1. The molecular formula is C20H23Cl2N3O2. The van der Waals surface area contributed by atoms with E-state index in [2.05, 4.69) is 9.88 Å². The van der Waals surface area contributed by atoms with E-state index in [9.17, 15) is 4.79 Å². The number of carbonyl (C=O) groups excluding carboxylic acids is 1. The summed E-state index contributed by atoms with van der Waals surface area (Å²) in [6.45, 7) is 2.48. The van der Waals surface area contributed by atoms with Crippen molar-refractivity contribution in [3.05, 3.63) is 52.1 Å². The molecule has 0 bridgehead atoms. The number of amides is 1. The van der Waals surface area contributed by atoms with Gasteiger partial charge in [0.25, 0.3) is 5.91 Å². The molecule has 1 fully saturated rings. The van der Waals surface area contributed by atoms with Gasteiger partial charge in [0, 0.05) is 43.4 Å². The molecule has 1 aromatic heterocycles. The zero-order valence-electron chi connectivity index (χ0n) is 15.5. The summed E-state index contributed by atoms with van der Waals surface area (Å²) < 4.78 is 5.87. The van der Waals surface area contributed by atoms with Crippen LogP contribution in [0.5, 0.6) is 5.75 Å². The van der Waals surface area contributed by atoms with Crippen molar-refractivity contribution in [3.63, 3.8) is 0 Å². The van der Waals surface area contributed by atoms with Crippen LogP contribution >= 0.6 is 23.2 Å². The van der Waals surface area contributed by atoms with E-state index in [1.54, 1.807) is 43.4 Å². The molecule has 144 valence electrons. The van der Waals surface area contributed by atoms with Crippen molar-refractivity contribution >= 4 is 34.9 Å². The lowest BCUT2D eigenvalue weighted by Gasteiger charge is -2.32. The van der Waals surface area contributed by atoms with Gasteiger partial charge in [0.15, 0.2) is 0 Å². The van der Waals surface area contributed by atoms with E-state index in [1.807, 2.05) is 12.1 Å². The van der Waals surface area contributed by atoms with Crippen molar-refractivity contribution in [2.24, 2.45) is 5.92 Å². The van der Waals surface area contributed by atoms with Gasteiger partial charge in [-0.2, -0.15) is 0 Å². The van der Waals surface area contributed by atoms with E-state index >= 15 is 0 Å². The maximum atomic E-state index is 11.9. The van der Waals surface area contributed by atoms with Crippen LogP contribution in [0.1, 0.15) is 23.2 Å². The van der Waals surface area contributed by atoms with E-state index in [0.29, 0.717) is 33.9 Å². The van der Waals surface area contributed by atoms with Crippen LogP contribution in [0.4, 0.5) is 5.82 Å². The molecule has 2 heterocycles. The topological polar surface area (TPSA) is 45.7 Å². The van der Waals surface area contributed by atoms with Crippen LogP contribution < -0.4 is 9.64 Å². The number of anilines is 1. The highest BCUT2D eigenvalue weighted by molar-refractivity contribution is 6.34. The van der Waals surface area contributed by atoms with Crippen molar-refractivity contribution in [1.82, 2.24) is 9.88 Å². The second kappa shape index (κ2) is 8.81. The van der Waals surface area contributed by atoms with Gasteiger partial charge in [-0.15, -0.1) is 0 Å². The van der Waals surface area contributed by atoms with Gasteiger partial charge in [0.05, 0.1) is 12.2 Å². The van der Waals surface area contributed by atoms with Crippen LogP contribution in [0, 0.1) is 5.92 Å². The Kier molecular flexibility index (Phi) is 6.45. The number of ether oxygens (including phenoxy) is 1. The Bertz CT molecular complexity index is 768. The molecule has 5 nitrogen and oxygen atoms in total. The minimum atomic E-state index is -0.0361. The molecule has 2 aromatic rings. The lowest BCUT2D eigenvalue weighted by molar-refractivity contribution is 0.0827. The van der Waals surface area contributed by atoms with Gasteiger partial charge in [-0.05, 0) is 49.1 Å². The van der Waals surface area contributed by atoms with Crippen molar-refractivity contribution < 1.29 is 9.53 Å². The van der Waals surface area contributed by atoms with Crippen molar-refractivity contribution in [1.29, 1.82) is 0 Å². The number of rotatable bonds is 5. The number of pyridine rings is 1. The molecular weight excluding hydrogens is 385 g/mol. The molecule has 1 aliphatic rings. The Labute approximate surface area is 169 Å². The third-order valence-electron chi connectivity index (χ3n) is 4.66. The molecule has 0 aliphatic carbocycles. The highest BCUT2D eigenvalue weighted by Gasteiger charge is 2.21. The molecule has 1 aromatic carbocycles. The van der Waals surface area contributed by atoms with E-state index in [4.69, 9.17) is 27.9 Å². The summed E-state index contributed by atoms with van der Waals surface area (Å²) >= 11 is 12.0. The first-order valence-electron chi connectivity index (χ1n) is 8.94. The summed E-state index contributed by atoms with van der Waals surface area (Å²) in [5, 5.41) is 1.16. The van der Waals surface area contributed by atoms with Gasteiger partial charge < -0.3 is 14.5 Å². The number of nitrogens with zero attached hydrogens (tertiary/aromatic N) is 3. The van der Waals surface area contributed by atoms with Crippen LogP contribution in [-0.4, -0.2) is 49.6 Å². The zero-order valence-corrected chi connectivity index (χ0v) is 17.0. The van der Waals surface area contributed by atoms with Crippen LogP contribution in [0.2, 0.25) is 10.0 Å². The lowest BCUT2D eigenvalue weighted by Crippen LogP contribution is -2.36. The maximum Gasteiger partial charge on any atom is 0.254 e.